The van der Waals surface area contributed by atoms with Crippen molar-refractivity contribution >= 4 is 44.8 Å². The van der Waals surface area contributed by atoms with Gasteiger partial charge < -0.3 is 10.1 Å². The van der Waals surface area contributed by atoms with Crippen LogP contribution in [0.1, 0.15) is 28.3 Å². The van der Waals surface area contributed by atoms with Crippen LogP contribution < -0.4 is 5.32 Å². The Hall–Kier alpha value is -0.880. The molecule has 2 atom stereocenters. The molecule has 0 bridgehead atoms. The predicted molar refractivity (Wildman–Crippen MR) is 90.1 cm³/mol. The standard InChI is InChI=1S/C15H15BrClNO2S/c1-9(18-15(19)14-12(16)7-8-21-14)13(20-2)10-3-5-11(17)6-4-10/h3-9,13H,1-2H3,(H,18,19)/t9-,13-/m0/s1. The molecule has 0 spiro atoms. The zero-order valence-corrected chi connectivity index (χ0v) is 14.8. The summed E-state index contributed by atoms with van der Waals surface area (Å²) in [6.07, 6.45) is -0.232. The van der Waals surface area contributed by atoms with Crippen molar-refractivity contribution in [3.05, 3.63) is 55.6 Å². The number of ether oxygens (including phenoxy) is 1. The molecule has 112 valence electrons. The van der Waals surface area contributed by atoms with Crippen LogP contribution in [0.15, 0.2) is 40.2 Å². The first-order valence-corrected chi connectivity index (χ1v) is 8.40. The Kier molecular flexibility index (Phi) is 5.81. The van der Waals surface area contributed by atoms with E-state index in [1.54, 1.807) is 7.11 Å². The molecule has 0 saturated heterocycles. The first kappa shape index (κ1) is 16.5. The van der Waals surface area contributed by atoms with Gasteiger partial charge in [0.25, 0.3) is 5.91 Å². The molecule has 1 aromatic heterocycles. The molecule has 2 aromatic rings. The van der Waals surface area contributed by atoms with Crippen LogP contribution in [0.25, 0.3) is 0 Å². The van der Waals surface area contributed by atoms with Crippen LogP contribution in [0.2, 0.25) is 5.02 Å². The van der Waals surface area contributed by atoms with Crippen molar-refractivity contribution in [2.75, 3.05) is 7.11 Å². The summed E-state index contributed by atoms with van der Waals surface area (Å²) in [7, 11) is 1.63. The van der Waals surface area contributed by atoms with E-state index in [2.05, 4.69) is 21.2 Å². The van der Waals surface area contributed by atoms with Crippen LogP contribution in [-0.2, 0) is 4.74 Å². The monoisotopic (exact) mass is 387 g/mol. The molecule has 3 nitrogen and oxygen atoms in total. The Morgan fingerprint density at radius 2 is 2.00 bits per heavy atom. The Bertz CT molecular complexity index is 614. The molecule has 1 amide bonds. The zero-order chi connectivity index (χ0) is 15.4. The van der Waals surface area contributed by atoms with Gasteiger partial charge in [-0.1, -0.05) is 23.7 Å². The van der Waals surface area contributed by atoms with Crippen LogP contribution >= 0.6 is 38.9 Å². The lowest BCUT2D eigenvalue weighted by Gasteiger charge is -2.24. The molecule has 0 aliphatic carbocycles. The second kappa shape index (κ2) is 7.40. The fourth-order valence-electron chi connectivity index (χ4n) is 2.09. The van der Waals surface area contributed by atoms with E-state index in [9.17, 15) is 4.79 Å². The maximum atomic E-state index is 12.2. The van der Waals surface area contributed by atoms with Crippen LogP contribution in [-0.4, -0.2) is 19.1 Å². The summed E-state index contributed by atoms with van der Waals surface area (Å²) < 4.78 is 6.32. The highest BCUT2D eigenvalue weighted by molar-refractivity contribution is 9.10. The molecule has 0 fully saturated rings. The number of amides is 1. The molecular formula is C15H15BrClNO2S. The first-order valence-electron chi connectivity index (χ1n) is 6.35. The number of nitrogens with one attached hydrogen (secondary N) is 1. The summed E-state index contributed by atoms with van der Waals surface area (Å²) in [6.45, 7) is 1.92. The highest BCUT2D eigenvalue weighted by atomic mass is 79.9. The number of benzene rings is 1. The maximum absolute atomic E-state index is 12.2. The Morgan fingerprint density at radius 3 is 2.52 bits per heavy atom. The number of hydrogen-bond acceptors (Lipinski definition) is 3. The van der Waals surface area contributed by atoms with Gasteiger partial charge in [0.1, 0.15) is 11.0 Å². The van der Waals surface area contributed by atoms with Crippen LogP contribution in [0, 0.1) is 0 Å². The second-order valence-electron chi connectivity index (χ2n) is 4.57. The zero-order valence-electron chi connectivity index (χ0n) is 11.6. The van der Waals surface area contributed by atoms with Gasteiger partial charge in [0.2, 0.25) is 0 Å². The average Bonchev–Trinajstić information content (AvgIpc) is 2.88. The van der Waals surface area contributed by atoms with Gasteiger partial charge in [0, 0.05) is 16.6 Å². The third-order valence-corrected chi connectivity index (χ3v) is 5.18. The smallest absolute Gasteiger partial charge is 0.262 e. The molecule has 1 aromatic carbocycles. The molecule has 0 radical (unpaired) electrons. The van der Waals surface area contributed by atoms with E-state index < -0.39 is 0 Å². The second-order valence-corrected chi connectivity index (χ2v) is 6.77. The Balaban J connectivity index is 2.10. The van der Waals surface area contributed by atoms with Gasteiger partial charge in [-0.15, -0.1) is 11.3 Å². The summed E-state index contributed by atoms with van der Waals surface area (Å²) in [6, 6.07) is 9.12. The van der Waals surface area contributed by atoms with Crippen molar-refractivity contribution < 1.29 is 9.53 Å². The fourth-order valence-corrected chi connectivity index (χ4v) is 3.67. The number of rotatable bonds is 5. The van der Waals surface area contributed by atoms with Crippen molar-refractivity contribution in [2.45, 2.75) is 19.1 Å². The summed E-state index contributed by atoms with van der Waals surface area (Å²) in [5.74, 6) is -0.111. The van der Waals surface area contributed by atoms with Crippen molar-refractivity contribution in [1.29, 1.82) is 0 Å². The number of methoxy groups -OCH3 is 1. The molecule has 0 aliphatic heterocycles. The SMILES string of the molecule is CO[C@H](c1ccc(Cl)cc1)[C@H](C)NC(=O)c1sccc1Br. The van der Waals surface area contributed by atoms with Crippen LogP contribution in [0.3, 0.4) is 0 Å². The van der Waals surface area contributed by atoms with Crippen molar-refractivity contribution in [3.8, 4) is 0 Å². The lowest BCUT2D eigenvalue weighted by atomic mass is 10.0. The molecule has 1 heterocycles. The Labute approximate surface area is 141 Å². The fraction of sp³-hybridized carbons (Fsp3) is 0.267. The number of thiophene rings is 1. The van der Waals surface area contributed by atoms with Gasteiger partial charge in [0.05, 0.1) is 6.04 Å². The van der Waals surface area contributed by atoms with E-state index in [0.29, 0.717) is 9.90 Å². The van der Waals surface area contributed by atoms with E-state index in [1.165, 1.54) is 11.3 Å². The van der Waals surface area contributed by atoms with Gasteiger partial charge in [-0.25, -0.2) is 0 Å². The van der Waals surface area contributed by atoms with Gasteiger partial charge in [-0.2, -0.15) is 0 Å². The minimum absolute atomic E-state index is 0.111. The maximum Gasteiger partial charge on any atom is 0.262 e. The van der Waals surface area contributed by atoms with Gasteiger partial charge in [-0.05, 0) is 52.0 Å². The summed E-state index contributed by atoms with van der Waals surface area (Å²) >= 11 is 10.7. The molecule has 6 heteroatoms. The lowest BCUT2D eigenvalue weighted by Crippen LogP contribution is -2.37. The topological polar surface area (TPSA) is 38.3 Å². The van der Waals surface area contributed by atoms with E-state index in [0.717, 1.165) is 10.0 Å². The van der Waals surface area contributed by atoms with Crippen molar-refractivity contribution in [3.63, 3.8) is 0 Å². The number of halogens is 2. The van der Waals surface area contributed by atoms with Gasteiger partial charge in [-0.3, -0.25) is 4.79 Å². The van der Waals surface area contributed by atoms with Crippen molar-refractivity contribution in [1.82, 2.24) is 5.32 Å². The highest BCUT2D eigenvalue weighted by Gasteiger charge is 2.22. The van der Waals surface area contributed by atoms with Gasteiger partial charge >= 0.3 is 0 Å². The quantitative estimate of drug-likeness (QED) is 0.808. The molecule has 0 saturated carbocycles. The van der Waals surface area contributed by atoms with E-state index >= 15 is 0 Å². The van der Waals surface area contributed by atoms with Crippen molar-refractivity contribution in [2.24, 2.45) is 0 Å². The minimum atomic E-state index is -0.232. The predicted octanol–water partition coefficient (Wildman–Crippen LogP) is 4.67. The number of carbonyl (C=O) groups is 1. The molecule has 1 N–H and O–H groups in total. The third-order valence-electron chi connectivity index (χ3n) is 3.09. The average molecular weight is 389 g/mol. The van der Waals surface area contributed by atoms with Crippen LogP contribution in [0.5, 0.6) is 0 Å². The molecule has 0 aliphatic rings. The summed E-state index contributed by atoms with van der Waals surface area (Å²) in [5, 5.41) is 5.52. The Morgan fingerprint density at radius 1 is 1.33 bits per heavy atom. The normalized spacial score (nSPS) is 13.7. The molecule has 0 unspecified atom stereocenters. The lowest BCUT2D eigenvalue weighted by molar-refractivity contribution is 0.0646. The van der Waals surface area contributed by atoms with E-state index in [1.807, 2.05) is 42.6 Å². The molecular weight excluding hydrogens is 374 g/mol. The molecule has 2 rings (SSSR count). The molecule has 21 heavy (non-hydrogen) atoms. The highest BCUT2D eigenvalue weighted by Crippen LogP contribution is 2.25. The third kappa shape index (κ3) is 4.07. The minimum Gasteiger partial charge on any atom is -0.375 e. The first-order chi connectivity index (χ1) is 10.0. The largest absolute Gasteiger partial charge is 0.375 e. The van der Waals surface area contributed by atoms with E-state index in [-0.39, 0.29) is 18.1 Å². The van der Waals surface area contributed by atoms with Crippen LogP contribution in [0.4, 0.5) is 0 Å². The number of hydrogen-bond donors (Lipinski definition) is 1. The summed E-state index contributed by atoms with van der Waals surface area (Å²) in [5.41, 5.74) is 0.972. The van der Waals surface area contributed by atoms with Gasteiger partial charge in [0.15, 0.2) is 0 Å². The number of carbonyl (C=O) groups excluding carboxylic acids is 1. The van der Waals surface area contributed by atoms with E-state index in [4.69, 9.17) is 16.3 Å². The summed E-state index contributed by atoms with van der Waals surface area (Å²) in [4.78, 5) is 12.9.